The third-order valence-electron chi connectivity index (χ3n) is 3.52. The fourth-order valence-corrected chi connectivity index (χ4v) is 2.86. The Hall–Kier alpha value is -1.36. The molecule has 0 saturated heterocycles. The van der Waals surface area contributed by atoms with Crippen molar-refractivity contribution >= 4 is 28.5 Å². The van der Waals surface area contributed by atoms with Crippen molar-refractivity contribution in [2.45, 2.75) is 25.4 Å². The Morgan fingerprint density at radius 1 is 1.10 bits per heavy atom. The van der Waals surface area contributed by atoms with Gasteiger partial charge in [0, 0.05) is 21.7 Å². The van der Waals surface area contributed by atoms with Crippen LogP contribution in [0, 0.1) is 3.57 Å². The van der Waals surface area contributed by atoms with Gasteiger partial charge >= 0.3 is 0 Å². The van der Waals surface area contributed by atoms with Crippen molar-refractivity contribution in [3.8, 4) is 0 Å². The first-order valence-electron chi connectivity index (χ1n) is 6.84. The van der Waals surface area contributed by atoms with E-state index in [9.17, 15) is 4.79 Å². The molecule has 1 fully saturated rings. The van der Waals surface area contributed by atoms with E-state index in [1.165, 1.54) is 5.56 Å². The number of hydrogen-bond donors (Lipinski definition) is 0. The van der Waals surface area contributed by atoms with Crippen molar-refractivity contribution in [1.29, 1.82) is 0 Å². The lowest BCUT2D eigenvalue weighted by molar-refractivity contribution is 0.0730. The van der Waals surface area contributed by atoms with Crippen LogP contribution in [0.4, 0.5) is 0 Å². The van der Waals surface area contributed by atoms with Gasteiger partial charge in [0.1, 0.15) is 0 Å². The Bertz CT molecular complexity index is 607. The fourth-order valence-electron chi connectivity index (χ4n) is 2.32. The predicted octanol–water partition coefficient (Wildman–Crippen LogP) is 4.10. The van der Waals surface area contributed by atoms with Crippen molar-refractivity contribution in [3.63, 3.8) is 0 Å². The molecule has 0 spiro atoms. The van der Waals surface area contributed by atoms with E-state index in [0.717, 1.165) is 22.0 Å². The van der Waals surface area contributed by atoms with Gasteiger partial charge in [-0.15, -0.1) is 0 Å². The van der Waals surface area contributed by atoms with Gasteiger partial charge in [0.05, 0.1) is 0 Å². The van der Waals surface area contributed by atoms with Gasteiger partial charge in [0.25, 0.3) is 5.91 Å². The highest BCUT2D eigenvalue weighted by molar-refractivity contribution is 14.1. The molecule has 0 atom stereocenters. The molecule has 2 aromatic carbocycles. The molecule has 0 aliphatic heterocycles. The second kappa shape index (κ2) is 5.95. The molecule has 1 aliphatic carbocycles. The van der Waals surface area contributed by atoms with Crippen LogP contribution in [0.15, 0.2) is 54.6 Å². The zero-order chi connectivity index (χ0) is 13.9. The molecule has 1 aliphatic rings. The van der Waals surface area contributed by atoms with Crippen LogP contribution >= 0.6 is 22.6 Å². The molecule has 0 bridgehead atoms. The molecule has 1 saturated carbocycles. The van der Waals surface area contributed by atoms with Crippen molar-refractivity contribution in [1.82, 2.24) is 4.90 Å². The van der Waals surface area contributed by atoms with Gasteiger partial charge in [0.15, 0.2) is 0 Å². The molecule has 0 N–H and O–H groups in total. The summed E-state index contributed by atoms with van der Waals surface area (Å²) in [6, 6.07) is 18.5. The van der Waals surface area contributed by atoms with Crippen LogP contribution in [0.3, 0.4) is 0 Å². The molecule has 0 heterocycles. The summed E-state index contributed by atoms with van der Waals surface area (Å²) in [4.78, 5) is 14.7. The minimum Gasteiger partial charge on any atom is -0.331 e. The quantitative estimate of drug-likeness (QED) is 0.735. The molecule has 102 valence electrons. The van der Waals surface area contributed by atoms with E-state index in [1.807, 2.05) is 47.4 Å². The van der Waals surface area contributed by atoms with Crippen LogP contribution in [-0.4, -0.2) is 16.8 Å². The average molecular weight is 377 g/mol. The first-order valence-corrected chi connectivity index (χ1v) is 7.92. The number of nitrogens with zero attached hydrogens (tertiary/aromatic N) is 1. The molecular formula is C17H16INO. The van der Waals surface area contributed by atoms with Crippen LogP contribution in [0.2, 0.25) is 0 Å². The van der Waals surface area contributed by atoms with Crippen LogP contribution in [0.25, 0.3) is 0 Å². The summed E-state index contributed by atoms with van der Waals surface area (Å²) >= 11 is 2.25. The second-order valence-electron chi connectivity index (χ2n) is 5.16. The van der Waals surface area contributed by atoms with Gasteiger partial charge in [-0.2, -0.15) is 0 Å². The van der Waals surface area contributed by atoms with Crippen LogP contribution in [0.5, 0.6) is 0 Å². The first-order chi connectivity index (χ1) is 9.74. The first kappa shape index (κ1) is 13.6. The van der Waals surface area contributed by atoms with E-state index in [-0.39, 0.29) is 5.91 Å². The van der Waals surface area contributed by atoms with Gasteiger partial charge < -0.3 is 4.90 Å². The number of carbonyl (C=O) groups is 1. The van der Waals surface area contributed by atoms with Gasteiger partial charge in [-0.3, -0.25) is 4.79 Å². The molecule has 3 heteroatoms. The SMILES string of the molecule is O=C(c1cccc(I)c1)N(Cc1ccccc1)C1CC1. The van der Waals surface area contributed by atoms with Crippen molar-refractivity contribution in [2.75, 3.05) is 0 Å². The maximum Gasteiger partial charge on any atom is 0.254 e. The Kier molecular flexibility index (Phi) is 4.05. The summed E-state index contributed by atoms with van der Waals surface area (Å²) in [7, 11) is 0. The van der Waals surface area contributed by atoms with E-state index >= 15 is 0 Å². The summed E-state index contributed by atoms with van der Waals surface area (Å²) in [6.07, 6.45) is 2.25. The van der Waals surface area contributed by atoms with Crippen molar-refractivity contribution in [3.05, 3.63) is 69.3 Å². The molecule has 0 aromatic heterocycles. The molecule has 3 rings (SSSR count). The smallest absolute Gasteiger partial charge is 0.254 e. The minimum atomic E-state index is 0.148. The van der Waals surface area contributed by atoms with Crippen LogP contribution < -0.4 is 0 Å². The molecule has 1 amide bonds. The Labute approximate surface area is 132 Å². The van der Waals surface area contributed by atoms with Crippen LogP contribution in [-0.2, 0) is 6.54 Å². The van der Waals surface area contributed by atoms with E-state index in [1.54, 1.807) is 0 Å². The predicted molar refractivity (Wildman–Crippen MR) is 88.5 cm³/mol. The lowest BCUT2D eigenvalue weighted by Crippen LogP contribution is -2.32. The summed E-state index contributed by atoms with van der Waals surface area (Å²) in [5.74, 6) is 0.148. The zero-order valence-electron chi connectivity index (χ0n) is 11.1. The number of hydrogen-bond acceptors (Lipinski definition) is 1. The van der Waals surface area contributed by atoms with E-state index in [2.05, 4.69) is 34.7 Å². The summed E-state index contributed by atoms with van der Waals surface area (Å²) in [5, 5.41) is 0. The fraction of sp³-hybridized carbons (Fsp3) is 0.235. The topological polar surface area (TPSA) is 20.3 Å². The van der Waals surface area contributed by atoms with Crippen LogP contribution in [0.1, 0.15) is 28.8 Å². The molecule has 2 aromatic rings. The highest BCUT2D eigenvalue weighted by Gasteiger charge is 2.33. The Balaban J connectivity index is 1.82. The Morgan fingerprint density at radius 3 is 2.50 bits per heavy atom. The number of benzene rings is 2. The van der Waals surface area contributed by atoms with E-state index in [0.29, 0.717) is 12.6 Å². The summed E-state index contributed by atoms with van der Waals surface area (Å²) < 4.78 is 1.10. The molecular weight excluding hydrogens is 361 g/mol. The third kappa shape index (κ3) is 3.20. The number of amides is 1. The minimum absolute atomic E-state index is 0.148. The Morgan fingerprint density at radius 2 is 1.85 bits per heavy atom. The van der Waals surface area contributed by atoms with Crippen molar-refractivity contribution < 1.29 is 4.79 Å². The highest BCUT2D eigenvalue weighted by Crippen LogP contribution is 2.30. The van der Waals surface area contributed by atoms with Gasteiger partial charge in [-0.05, 0) is 59.2 Å². The zero-order valence-corrected chi connectivity index (χ0v) is 13.3. The molecule has 0 unspecified atom stereocenters. The molecule has 20 heavy (non-hydrogen) atoms. The summed E-state index contributed by atoms with van der Waals surface area (Å²) in [6.45, 7) is 0.704. The normalized spacial score (nSPS) is 14.1. The number of halogens is 1. The van der Waals surface area contributed by atoms with E-state index in [4.69, 9.17) is 0 Å². The number of carbonyl (C=O) groups excluding carboxylic acids is 1. The highest BCUT2D eigenvalue weighted by atomic mass is 127. The van der Waals surface area contributed by atoms with Gasteiger partial charge in [0.2, 0.25) is 0 Å². The van der Waals surface area contributed by atoms with Gasteiger partial charge in [-0.25, -0.2) is 0 Å². The van der Waals surface area contributed by atoms with Gasteiger partial charge in [-0.1, -0.05) is 36.4 Å². The third-order valence-corrected chi connectivity index (χ3v) is 4.19. The number of rotatable bonds is 4. The maximum absolute atomic E-state index is 12.7. The molecule has 0 radical (unpaired) electrons. The lowest BCUT2D eigenvalue weighted by Gasteiger charge is -2.22. The molecule has 2 nitrogen and oxygen atoms in total. The maximum atomic E-state index is 12.7. The monoisotopic (exact) mass is 377 g/mol. The second-order valence-corrected chi connectivity index (χ2v) is 6.41. The standard InChI is InChI=1S/C17H16INO/c18-15-8-4-7-14(11-15)17(20)19(16-9-10-16)12-13-5-2-1-3-6-13/h1-8,11,16H,9-10,12H2. The largest absolute Gasteiger partial charge is 0.331 e. The van der Waals surface area contributed by atoms with Crippen molar-refractivity contribution in [2.24, 2.45) is 0 Å². The van der Waals surface area contributed by atoms with E-state index < -0.39 is 0 Å². The summed E-state index contributed by atoms with van der Waals surface area (Å²) in [5.41, 5.74) is 1.98. The average Bonchev–Trinajstić information content (AvgIpc) is 3.30. The lowest BCUT2D eigenvalue weighted by atomic mass is 10.1.